The number of halogens is 1. The summed E-state index contributed by atoms with van der Waals surface area (Å²) in [6.07, 6.45) is 0.790. The molecule has 0 aliphatic carbocycles. The molecule has 1 fully saturated rings. The Hall–Kier alpha value is -1.30. The molecule has 0 radical (unpaired) electrons. The van der Waals surface area contributed by atoms with Gasteiger partial charge in [0, 0.05) is 31.9 Å². The molecule has 116 valence electrons. The maximum atomic E-state index is 12.5. The highest BCUT2D eigenvalue weighted by Gasteiger charge is 2.26. The lowest BCUT2D eigenvalue weighted by Gasteiger charge is -2.36. The zero-order valence-electron chi connectivity index (χ0n) is 12.6. The molecule has 1 heterocycles. The van der Waals surface area contributed by atoms with E-state index in [0.717, 1.165) is 32.6 Å². The Kier molecular flexibility index (Phi) is 5.45. The maximum Gasteiger partial charge on any atom is 0.241 e. The van der Waals surface area contributed by atoms with E-state index in [4.69, 9.17) is 17.3 Å². The molecule has 0 aromatic heterocycles. The van der Waals surface area contributed by atoms with Crippen molar-refractivity contribution in [3.63, 3.8) is 0 Å². The average Bonchev–Trinajstić information content (AvgIpc) is 2.46. The lowest BCUT2D eigenvalue weighted by Crippen LogP contribution is -2.52. The quantitative estimate of drug-likeness (QED) is 0.834. The first kappa shape index (κ1) is 16.1. The number of carbonyl (C=O) groups excluding carboxylic acids is 1. The Balaban J connectivity index is 2.01. The van der Waals surface area contributed by atoms with E-state index in [2.05, 4.69) is 22.2 Å². The van der Waals surface area contributed by atoms with Crippen LogP contribution in [0.3, 0.4) is 0 Å². The van der Waals surface area contributed by atoms with Gasteiger partial charge in [-0.3, -0.25) is 9.69 Å². The second-order valence-electron chi connectivity index (χ2n) is 5.49. The lowest BCUT2D eigenvalue weighted by molar-refractivity contribution is -0.122. The summed E-state index contributed by atoms with van der Waals surface area (Å²) in [6.45, 7) is 5.88. The summed E-state index contributed by atoms with van der Waals surface area (Å²) in [6, 6.07) is 5.06. The van der Waals surface area contributed by atoms with Crippen LogP contribution in [0.2, 0.25) is 5.02 Å². The number of rotatable bonds is 4. The second kappa shape index (κ2) is 7.11. The highest BCUT2D eigenvalue weighted by molar-refractivity contribution is 6.33. The van der Waals surface area contributed by atoms with E-state index in [1.807, 2.05) is 6.92 Å². The third-order valence-corrected chi connectivity index (χ3v) is 4.28. The molecule has 6 heteroatoms. The van der Waals surface area contributed by atoms with Gasteiger partial charge >= 0.3 is 0 Å². The van der Waals surface area contributed by atoms with Crippen LogP contribution >= 0.6 is 11.6 Å². The molecule has 0 spiro atoms. The van der Waals surface area contributed by atoms with Gasteiger partial charge in [0.2, 0.25) is 5.91 Å². The minimum atomic E-state index is -0.101. The Morgan fingerprint density at radius 2 is 2.05 bits per heavy atom. The van der Waals surface area contributed by atoms with E-state index >= 15 is 0 Å². The lowest BCUT2D eigenvalue weighted by atomic mass is 10.1. The van der Waals surface area contributed by atoms with E-state index in [1.54, 1.807) is 18.2 Å². The number of nitrogens with two attached hydrogens (primary N) is 1. The first-order valence-electron chi connectivity index (χ1n) is 7.29. The molecule has 1 aliphatic rings. The topological polar surface area (TPSA) is 61.6 Å². The van der Waals surface area contributed by atoms with Crippen molar-refractivity contribution in [1.82, 2.24) is 9.80 Å². The van der Waals surface area contributed by atoms with Gasteiger partial charge in [0.25, 0.3) is 0 Å². The average molecular weight is 311 g/mol. The number of anilines is 2. The fraction of sp³-hybridized carbons (Fsp3) is 0.533. The van der Waals surface area contributed by atoms with Crippen molar-refractivity contribution in [3.05, 3.63) is 23.2 Å². The van der Waals surface area contributed by atoms with Gasteiger partial charge in [0.15, 0.2) is 0 Å². The second-order valence-corrected chi connectivity index (χ2v) is 5.90. The van der Waals surface area contributed by atoms with Crippen molar-refractivity contribution >= 4 is 28.9 Å². The predicted molar refractivity (Wildman–Crippen MR) is 87.6 cm³/mol. The number of carbonyl (C=O) groups is 1. The molecule has 1 aromatic carbocycles. The molecular formula is C15H23ClN4O. The smallest absolute Gasteiger partial charge is 0.241 e. The minimum absolute atomic E-state index is 0.0174. The molecule has 1 aliphatic heterocycles. The molecular weight excluding hydrogens is 288 g/mol. The van der Waals surface area contributed by atoms with Crippen LogP contribution in [0.25, 0.3) is 0 Å². The van der Waals surface area contributed by atoms with E-state index in [1.165, 1.54) is 0 Å². The molecule has 1 saturated heterocycles. The number of hydrogen-bond donors (Lipinski definition) is 2. The first-order chi connectivity index (χ1) is 10.0. The molecule has 1 atom stereocenters. The summed E-state index contributed by atoms with van der Waals surface area (Å²) in [5.41, 5.74) is 6.93. The molecule has 0 bridgehead atoms. The number of nitrogens with zero attached hydrogens (tertiary/aromatic N) is 2. The number of nitrogens with one attached hydrogen (secondary N) is 1. The van der Waals surface area contributed by atoms with Crippen molar-refractivity contribution in [2.75, 3.05) is 44.3 Å². The Bertz CT molecular complexity index is 500. The highest BCUT2D eigenvalue weighted by atomic mass is 35.5. The van der Waals surface area contributed by atoms with Crippen LogP contribution in [-0.2, 0) is 4.79 Å². The van der Waals surface area contributed by atoms with Crippen LogP contribution in [0.4, 0.5) is 11.4 Å². The Labute approximate surface area is 131 Å². The van der Waals surface area contributed by atoms with Gasteiger partial charge in [-0.25, -0.2) is 0 Å². The third kappa shape index (κ3) is 4.09. The van der Waals surface area contributed by atoms with Crippen LogP contribution in [-0.4, -0.2) is 55.0 Å². The molecule has 1 aromatic rings. The third-order valence-electron chi connectivity index (χ3n) is 3.93. The SMILES string of the molecule is CCC(C(=O)Nc1ccc(Cl)c(N)c1)N1CCN(C)CC1. The molecule has 2 rings (SSSR count). The number of amides is 1. The van der Waals surface area contributed by atoms with Crippen LogP contribution in [0.15, 0.2) is 18.2 Å². The fourth-order valence-corrected chi connectivity index (χ4v) is 2.71. The Morgan fingerprint density at radius 1 is 1.38 bits per heavy atom. The largest absolute Gasteiger partial charge is 0.397 e. The highest BCUT2D eigenvalue weighted by Crippen LogP contribution is 2.23. The van der Waals surface area contributed by atoms with Gasteiger partial charge in [-0.05, 0) is 31.7 Å². The number of piperazine rings is 1. The van der Waals surface area contributed by atoms with Gasteiger partial charge in [0.05, 0.1) is 16.8 Å². The van der Waals surface area contributed by atoms with Crippen molar-refractivity contribution < 1.29 is 4.79 Å². The number of hydrogen-bond acceptors (Lipinski definition) is 4. The van der Waals surface area contributed by atoms with Gasteiger partial charge in [-0.1, -0.05) is 18.5 Å². The summed E-state index contributed by atoms with van der Waals surface area (Å²) >= 11 is 5.89. The molecule has 3 N–H and O–H groups in total. The van der Waals surface area contributed by atoms with Crippen molar-refractivity contribution in [3.8, 4) is 0 Å². The van der Waals surface area contributed by atoms with Crippen molar-refractivity contribution in [1.29, 1.82) is 0 Å². The minimum Gasteiger partial charge on any atom is -0.397 e. The molecule has 1 unspecified atom stereocenters. The summed E-state index contributed by atoms with van der Waals surface area (Å²) in [4.78, 5) is 17.0. The normalized spacial score (nSPS) is 18.4. The zero-order valence-corrected chi connectivity index (χ0v) is 13.4. The first-order valence-corrected chi connectivity index (χ1v) is 7.67. The van der Waals surface area contributed by atoms with Gasteiger partial charge in [-0.15, -0.1) is 0 Å². The van der Waals surface area contributed by atoms with Gasteiger partial charge < -0.3 is 16.0 Å². The molecule has 21 heavy (non-hydrogen) atoms. The zero-order chi connectivity index (χ0) is 15.4. The van der Waals surface area contributed by atoms with Crippen molar-refractivity contribution in [2.24, 2.45) is 0 Å². The fourth-order valence-electron chi connectivity index (χ4n) is 2.59. The standard InChI is InChI=1S/C15H23ClN4O/c1-3-14(20-8-6-19(2)7-9-20)15(21)18-11-4-5-12(16)13(17)10-11/h4-5,10,14H,3,6-9,17H2,1-2H3,(H,18,21). The van der Waals surface area contributed by atoms with Gasteiger partial charge in [-0.2, -0.15) is 0 Å². The summed E-state index contributed by atoms with van der Waals surface area (Å²) < 4.78 is 0. The van der Waals surface area contributed by atoms with Crippen molar-refractivity contribution in [2.45, 2.75) is 19.4 Å². The molecule has 5 nitrogen and oxygen atoms in total. The van der Waals surface area contributed by atoms with Crippen LogP contribution in [0.5, 0.6) is 0 Å². The molecule has 1 amide bonds. The summed E-state index contributed by atoms with van der Waals surface area (Å²) in [5.74, 6) is 0.0174. The number of likely N-dealkylation sites (N-methyl/N-ethyl adjacent to an activating group) is 1. The molecule has 0 saturated carbocycles. The van der Waals surface area contributed by atoms with E-state index in [-0.39, 0.29) is 11.9 Å². The van der Waals surface area contributed by atoms with Gasteiger partial charge in [0.1, 0.15) is 0 Å². The van der Waals surface area contributed by atoms with E-state index in [9.17, 15) is 4.79 Å². The van der Waals surface area contributed by atoms with Crippen LogP contribution in [0, 0.1) is 0 Å². The van der Waals surface area contributed by atoms with E-state index < -0.39 is 0 Å². The number of nitrogen functional groups attached to an aromatic ring is 1. The van der Waals surface area contributed by atoms with E-state index in [0.29, 0.717) is 16.4 Å². The Morgan fingerprint density at radius 3 is 2.62 bits per heavy atom. The summed E-state index contributed by atoms with van der Waals surface area (Å²) in [7, 11) is 2.11. The monoisotopic (exact) mass is 310 g/mol. The number of benzene rings is 1. The maximum absolute atomic E-state index is 12.5. The van der Waals surface area contributed by atoms with Crippen LogP contribution in [0.1, 0.15) is 13.3 Å². The van der Waals surface area contributed by atoms with Crippen LogP contribution < -0.4 is 11.1 Å². The predicted octanol–water partition coefficient (Wildman–Crippen LogP) is 1.89. The summed E-state index contributed by atoms with van der Waals surface area (Å²) in [5, 5.41) is 3.44.